The van der Waals surface area contributed by atoms with Crippen molar-refractivity contribution in [2.75, 3.05) is 5.73 Å². The third-order valence-electron chi connectivity index (χ3n) is 2.54. The summed E-state index contributed by atoms with van der Waals surface area (Å²) in [5.41, 5.74) is 9.52. The minimum absolute atomic E-state index is 0.248. The molecule has 0 amide bonds. The third kappa shape index (κ3) is 1.24. The van der Waals surface area contributed by atoms with Crippen molar-refractivity contribution in [1.29, 1.82) is 0 Å². The molecule has 0 fully saturated rings. The monoisotopic (exact) mass is 172 g/mol. The van der Waals surface area contributed by atoms with Crippen molar-refractivity contribution in [2.45, 2.75) is 19.7 Å². The Bertz CT molecular complexity index is 373. The van der Waals surface area contributed by atoms with E-state index in [-0.39, 0.29) is 5.78 Å². The smallest absolute Gasteiger partial charge is 0.163 e. The Morgan fingerprint density at radius 3 is 2.85 bits per heavy atom. The largest absolute Gasteiger partial charge is 0.399 e. The number of benzene rings is 1. The molecular weight excluding hydrogens is 161 g/mol. The summed E-state index contributed by atoms with van der Waals surface area (Å²) in [5, 5.41) is 0. The Kier molecular flexibility index (Phi) is 1.87. The van der Waals surface area contributed by atoms with Crippen molar-refractivity contribution in [3.8, 4) is 0 Å². The van der Waals surface area contributed by atoms with Crippen LogP contribution in [0.3, 0.4) is 0 Å². The maximum absolute atomic E-state index is 11.4. The van der Waals surface area contributed by atoms with Crippen molar-refractivity contribution in [3.63, 3.8) is 0 Å². The van der Waals surface area contributed by atoms with Gasteiger partial charge in [-0.25, -0.2) is 0 Å². The highest BCUT2D eigenvalue weighted by atomic mass is 16.1. The molecule has 1 aliphatic rings. The van der Waals surface area contributed by atoms with Gasteiger partial charge in [0.25, 0.3) is 0 Å². The van der Waals surface area contributed by atoms with Crippen LogP contribution >= 0.6 is 0 Å². The van der Waals surface area contributed by atoms with Gasteiger partial charge in [0.05, 0.1) is 0 Å². The first-order valence-corrected chi connectivity index (χ1v) is 4.47. The number of carbonyl (C=O) groups is 1. The van der Waals surface area contributed by atoms with Crippen LogP contribution < -0.4 is 11.2 Å². The lowest BCUT2D eigenvalue weighted by Gasteiger charge is -2.05. The van der Waals surface area contributed by atoms with Gasteiger partial charge in [-0.1, -0.05) is 18.4 Å². The second-order valence-electron chi connectivity index (χ2n) is 3.35. The molecule has 1 aliphatic carbocycles. The summed E-state index contributed by atoms with van der Waals surface area (Å²) in [6.07, 6.45) is 1.49. The summed E-state index contributed by atoms with van der Waals surface area (Å²) in [4.78, 5) is 11.4. The van der Waals surface area contributed by atoms with Gasteiger partial charge in [0.1, 0.15) is 0 Å². The fourth-order valence-corrected chi connectivity index (χ4v) is 1.78. The molecule has 2 N–H and O–H groups in total. The first-order chi connectivity index (χ1) is 6.22. The standard InChI is InChI=1S/C10H11BNO/c1-11-8-5-7-6(4-9(8)12)2-3-10(7)13/h4-5H,2-3,12H2,1H3. The molecule has 2 rings (SSSR count). The SMILES string of the molecule is C[B]c1cc2c(cc1N)CCC2=O. The molecule has 3 heteroatoms. The van der Waals surface area contributed by atoms with Gasteiger partial charge in [-0.05, 0) is 18.1 Å². The lowest BCUT2D eigenvalue weighted by atomic mass is 9.71. The zero-order valence-corrected chi connectivity index (χ0v) is 7.63. The lowest BCUT2D eigenvalue weighted by molar-refractivity contribution is 0.0994. The highest BCUT2D eigenvalue weighted by molar-refractivity contribution is 6.54. The van der Waals surface area contributed by atoms with Crippen molar-refractivity contribution >= 4 is 24.2 Å². The predicted octanol–water partition coefficient (Wildman–Crippen LogP) is 0.775. The van der Waals surface area contributed by atoms with E-state index in [1.165, 1.54) is 0 Å². The summed E-state index contributed by atoms with van der Waals surface area (Å²) in [6.45, 7) is 1.93. The van der Waals surface area contributed by atoms with Gasteiger partial charge in [0.2, 0.25) is 0 Å². The van der Waals surface area contributed by atoms with Crippen LogP contribution in [0.2, 0.25) is 6.82 Å². The fraction of sp³-hybridized carbons (Fsp3) is 0.300. The van der Waals surface area contributed by atoms with Crippen molar-refractivity contribution in [1.82, 2.24) is 0 Å². The number of ketones is 1. The van der Waals surface area contributed by atoms with E-state index in [0.29, 0.717) is 6.42 Å². The number of anilines is 1. The summed E-state index contributed by atoms with van der Waals surface area (Å²) < 4.78 is 0. The van der Waals surface area contributed by atoms with Crippen LogP contribution in [0.5, 0.6) is 0 Å². The number of hydrogen-bond acceptors (Lipinski definition) is 2. The van der Waals surface area contributed by atoms with Crippen molar-refractivity contribution < 1.29 is 4.79 Å². The first-order valence-electron chi connectivity index (χ1n) is 4.47. The van der Waals surface area contributed by atoms with Gasteiger partial charge in [0, 0.05) is 17.7 Å². The number of nitrogens with two attached hydrogens (primary N) is 1. The van der Waals surface area contributed by atoms with Gasteiger partial charge in [-0.3, -0.25) is 4.79 Å². The van der Waals surface area contributed by atoms with Crippen LogP contribution in [-0.4, -0.2) is 13.1 Å². The molecule has 0 atom stereocenters. The van der Waals surface area contributed by atoms with Crippen molar-refractivity contribution in [2.24, 2.45) is 0 Å². The number of hydrogen-bond donors (Lipinski definition) is 1. The number of nitrogen functional groups attached to an aromatic ring is 1. The summed E-state index contributed by atoms with van der Waals surface area (Å²) in [7, 11) is 1.93. The van der Waals surface area contributed by atoms with Crippen LogP contribution in [0.4, 0.5) is 5.69 Å². The number of fused-ring (bicyclic) bond motifs is 1. The first kappa shape index (κ1) is 8.36. The molecule has 2 nitrogen and oxygen atoms in total. The molecule has 13 heavy (non-hydrogen) atoms. The van der Waals surface area contributed by atoms with E-state index in [1.54, 1.807) is 0 Å². The van der Waals surface area contributed by atoms with Gasteiger partial charge < -0.3 is 5.73 Å². The molecule has 0 aromatic heterocycles. The molecule has 0 spiro atoms. The van der Waals surface area contributed by atoms with E-state index in [2.05, 4.69) is 0 Å². The molecule has 0 heterocycles. The quantitative estimate of drug-likeness (QED) is 0.502. The van der Waals surface area contributed by atoms with E-state index < -0.39 is 0 Å². The Morgan fingerprint density at radius 1 is 1.38 bits per heavy atom. The van der Waals surface area contributed by atoms with Crippen LogP contribution in [0.25, 0.3) is 0 Å². The van der Waals surface area contributed by atoms with Gasteiger partial charge >= 0.3 is 0 Å². The average molecular weight is 172 g/mol. The molecule has 1 aromatic rings. The molecule has 65 valence electrons. The Balaban J connectivity index is 2.57. The topological polar surface area (TPSA) is 43.1 Å². The number of Topliss-reactive ketones (excluding diaryl/α,β-unsaturated/α-hetero) is 1. The maximum Gasteiger partial charge on any atom is 0.163 e. The highest BCUT2D eigenvalue weighted by Gasteiger charge is 2.20. The van der Waals surface area contributed by atoms with E-state index in [4.69, 9.17) is 5.73 Å². The molecule has 0 saturated heterocycles. The van der Waals surface area contributed by atoms with Crippen molar-refractivity contribution in [3.05, 3.63) is 23.3 Å². The Hall–Kier alpha value is -1.25. The predicted molar refractivity (Wildman–Crippen MR) is 54.8 cm³/mol. The van der Waals surface area contributed by atoms with Crippen LogP contribution in [0.15, 0.2) is 12.1 Å². The van der Waals surface area contributed by atoms with E-state index >= 15 is 0 Å². The molecule has 1 aromatic carbocycles. The summed E-state index contributed by atoms with van der Waals surface area (Å²) in [5.74, 6) is 0.248. The zero-order chi connectivity index (χ0) is 9.42. The summed E-state index contributed by atoms with van der Waals surface area (Å²) >= 11 is 0. The number of aryl methyl sites for hydroxylation is 1. The van der Waals surface area contributed by atoms with Crippen LogP contribution in [0, 0.1) is 0 Å². The second kappa shape index (κ2) is 2.91. The molecule has 1 radical (unpaired) electrons. The second-order valence-corrected chi connectivity index (χ2v) is 3.35. The molecule has 0 saturated carbocycles. The van der Waals surface area contributed by atoms with Gasteiger partial charge in [-0.2, -0.15) is 0 Å². The number of rotatable bonds is 1. The minimum Gasteiger partial charge on any atom is -0.399 e. The third-order valence-corrected chi connectivity index (χ3v) is 2.54. The van der Waals surface area contributed by atoms with Gasteiger partial charge in [0.15, 0.2) is 13.1 Å². The van der Waals surface area contributed by atoms with Crippen LogP contribution in [0.1, 0.15) is 22.3 Å². The minimum atomic E-state index is 0.248. The van der Waals surface area contributed by atoms with Crippen LogP contribution in [-0.2, 0) is 6.42 Å². The Labute approximate surface area is 78.4 Å². The maximum atomic E-state index is 11.4. The molecule has 0 unspecified atom stereocenters. The highest BCUT2D eigenvalue weighted by Crippen LogP contribution is 2.22. The zero-order valence-electron chi connectivity index (χ0n) is 7.63. The average Bonchev–Trinajstić information content (AvgIpc) is 2.46. The van der Waals surface area contributed by atoms with E-state index in [1.807, 2.05) is 26.2 Å². The Morgan fingerprint density at radius 2 is 2.15 bits per heavy atom. The van der Waals surface area contributed by atoms with E-state index in [0.717, 1.165) is 28.7 Å². The molecular formula is C10H11BNO. The lowest BCUT2D eigenvalue weighted by Crippen LogP contribution is -2.17. The van der Waals surface area contributed by atoms with E-state index in [9.17, 15) is 4.79 Å². The van der Waals surface area contributed by atoms with Gasteiger partial charge in [-0.15, -0.1) is 0 Å². The summed E-state index contributed by atoms with van der Waals surface area (Å²) in [6, 6.07) is 3.83. The molecule has 0 bridgehead atoms. The number of carbonyl (C=O) groups excluding carboxylic acids is 1. The molecule has 0 aliphatic heterocycles. The normalized spacial score (nSPS) is 14.4. The fourth-order valence-electron chi connectivity index (χ4n) is 1.78.